The normalized spacial score (nSPS) is 11.4. The van der Waals surface area contributed by atoms with Crippen molar-refractivity contribution in [3.8, 4) is 5.82 Å². The Morgan fingerprint density at radius 2 is 1.76 bits per heavy atom. The number of benzene rings is 1. The summed E-state index contributed by atoms with van der Waals surface area (Å²) in [6.45, 7) is 5.77. The van der Waals surface area contributed by atoms with Crippen LogP contribution in [0.25, 0.3) is 5.82 Å². The Labute approximate surface area is 169 Å². The fourth-order valence-electron chi connectivity index (χ4n) is 2.72. The van der Waals surface area contributed by atoms with Crippen LogP contribution in [0.1, 0.15) is 28.7 Å². The van der Waals surface area contributed by atoms with E-state index in [-0.39, 0.29) is 17.2 Å². The third-order valence-electron chi connectivity index (χ3n) is 4.17. The average molecular weight is 414 g/mol. The summed E-state index contributed by atoms with van der Waals surface area (Å²) in [5, 5.41) is 15.6. The number of aromatic nitrogens is 4. The van der Waals surface area contributed by atoms with E-state index in [1.54, 1.807) is 16.8 Å². The van der Waals surface area contributed by atoms with Crippen LogP contribution in [0.2, 0.25) is 0 Å². The number of aryl methyl sites for hydroxylation is 2. The van der Waals surface area contributed by atoms with Gasteiger partial charge in [0.05, 0.1) is 10.6 Å². The monoisotopic (exact) mass is 414 g/mol. The molecule has 0 spiro atoms. The number of nitrogens with zero attached hydrogens (tertiary/aromatic N) is 4. The minimum absolute atomic E-state index is 0.108. The number of hydrogen-bond acceptors (Lipinski definition) is 7. The molecule has 0 aliphatic rings. The molecule has 0 radical (unpaired) electrons. The molecule has 9 nitrogen and oxygen atoms in total. The van der Waals surface area contributed by atoms with Crippen LogP contribution in [0.3, 0.4) is 0 Å². The van der Waals surface area contributed by atoms with Crippen LogP contribution in [0.5, 0.6) is 0 Å². The SMILES string of the molecule is CC(=O)c1ccc(S(=O)(=O)NCCNc2ccc(-n3nc(C)cc3C)nn2)cc1. The first-order chi connectivity index (χ1) is 13.8. The second-order valence-corrected chi connectivity index (χ2v) is 8.29. The van der Waals surface area contributed by atoms with Gasteiger partial charge < -0.3 is 5.32 Å². The molecular formula is C19H22N6O3S. The highest BCUT2D eigenvalue weighted by Gasteiger charge is 2.13. The molecule has 3 rings (SSSR count). The molecule has 2 heterocycles. The van der Waals surface area contributed by atoms with E-state index in [0.717, 1.165) is 11.4 Å². The summed E-state index contributed by atoms with van der Waals surface area (Å²) in [7, 11) is -3.65. The van der Waals surface area contributed by atoms with Gasteiger partial charge in [-0.1, -0.05) is 12.1 Å². The number of anilines is 1. The van der Waals surface area contributed by atoms with Crippen molar-refractivity contribution in [1.82, 2.24) is 24.7 Å². The molecule has 0 unspecified atom stereocenters. The van der Waals surface area contributed by atoms with Gasteiger partial charge in [0.15, 0.2) is 11.6 Å². The third-order valence-corrected chi connectivity index (χ3v) is 5.65. The molecule has 10 heteroatoms. The fourth-order valence-corrected chi connectivity index (χ4v) is 3.75. The molecule has 0 saturated carbocycles. The van der Waals surface area contributed by atoms with Crippen molar-refractivity contribution in [2.24, 2.45) is 0 Å². The molecule has 29 heavy (non-hydrogen) atoms. The Kier molecular flexibility index (Phi) is 6.04. The van der Waals surface area contributed by atoms with Crippen molar-refractivity contribution < 1.29 is 13.2 Å². The van der Waals surface area contributed by atoms with E-state index in [0.29, 0.717) is 23.7 Å². The van der Waals surface area contributed by atoms with E-state index in [1.807, 2.05) is 19.9 Å². The lowest BCUT2D eigenvalue weighted by Gasteiger charge is -2.09. The molecular weight excluding hydrogens is 392 g/mol. The number of Topliss-reactive ketones (excluding diaryl/α,β-unsaturated/α-hetero) is 1. The zero-order chi connectivity index (χ0) is 21.0. The van der Waals surface area contributed by atoms with Gasteiger partial charge in [0.2, 0.25) is 10.0 Å². The van der Waals surface area contributed by atoms with Crippen molar-refractivity contribution in [1.29, 1.82) is 0 Å². The van der Waals surface area contributed by atoms with Crippen LogP contribution in [0.15, 0.2) is 47.4 Å². The van der Waals surface area contributed by atoms with Crippen molar-refractivity contribution in [3.05, 3.63) is 59.4 Å². The maximum absolute atomic E-state index is 12.3. The summed E-state index contributed by atoms with van der Waals surface area (Å²) in [6.07, 6.45) is 0. The molecule has 0 amide bonds. The maximum atomic E-state index is 12.3. The van der Waals surface area contributed by atoms with Gasteiger partial charge >= 0.3 is 0 Å². The maximum Gasteiger partial charge on any atom is 0.240 e. The molecule has 0 bridgehead atoms. The van der Waals surface area contributed by atoms with Gasteiger partial charge in [-0.3, -0.25) is 4.79 Å². The second kappa shape index (κ2) is 8.50. The Hall–Kier alpha value is -3.11. The molecule has 152 valence electrons. The average Bonchev–Trinajstić information content (AvgIpc) is 3.04. The van der Waals surface area contributed by atoms with Gasteiger partial charge in [0.25, 0.3) is 0 Å². The van der Waals surface area contributed by atoms with E-state index in [1.165, 1.54) is 31.2 Å². The zero-order valence-corrected chi connectivity index (χ0v) is 17.2. The van der Waals surface area contributed by atoms with Crippen molar-refractivity contribution in [2.45, 2.75) is 25.7 Å². The van der Waals surface area contributed by atoms with E-state index in [9.17, 15) is 13.2 Å². The Morgan fingerprint density at radius 3 is 2.31 bits per heavy atom. The number of ketones is 1. The number of carbonyl (C=O) groups excluding carboxylic acids is 1. The molecule has 0 aliphatic carbocycles. The summed E-state index contributed by atoms with van der Waals surface area (Å²) >= 11 is 0. The highest BCUT2D eigenvalue weighted by Crippen LogP contribution is 2.12. The van der Waals surface area contributed by atoms with Crippen LogP contribution in [0, 0.1) is 13.8 Å². The number of rotatable bonds is 8. The first-order valence-corrected chi connectivity index (χ1v) is 10.5. The summed E-state index contributed by atoms with van der Waals surface area (Å²) in [5.74, 6) is 1.02. The predicted octanol–water partition coefficient (Wildman–Crippen LogP) is 1.87. The number of sulfonamides is 1. The first-order valence-electron chi connectivity index (χ1n) is 8.98. The van der Waals surface area contributed by atoms with Gasteiger partial charge in [-0.2, -0.15) is 5.10 Å². The van der Waals surface area contributed by atoms with Gasteiger partial charge in [-0.25, -0.2) is 17.8 Å². The smallest absolute Gasteiger partial charge is 0.240 e. The topological polar surface area (TPSA) is 119 Å². The molecule has 2 N–H and O–H groups in total. The van der Waals surface area contributed by atoms with Gasteiger partial charge in [-0.15, -0.1) is 10.2 Å². The molecule has 0 fully saturated rings. The number of carbonyl (C=O) groups is 1. The Balaban J connectivity index is 1.53. The van der Waals surface area contributed by atoms with Crippen LogP contribution in [-0.4, -0.2) is 47.3 Å². The van der Waals surface area contributed by atoms with Crippen LogP contribution >= 0.6 is 0 Å². The fraction of sp³-hybridized carbons (Fsp3) is 0.263. The van der Waals surface area contributed by atoms with Crippen molar-refractivity contribution >= 4 is 21.6 Å². The van der Waals surface area contributed by atoms with Gasteiger partial charge in [0, 0.05) is 24.3 Å². The predicted molar refractivity (Wildman–Crippen MR) is 109 cm³/mol. The minimum atomic E-state index is -3.65. The molecule has 2 aromatic heterocycles. The highest BCUT2D eigenvalue weighted by molar-refractivity contribution is 7.89. The van der Waals surface area contributed by atoms with Crippen LogP contribution in [0.4, 0.5) is 5.82 Å². The molecule has 0 atom stereocenters. The largest absolute Gasteiger partial charge is 0.367 e. The second-order valence-electron chi connectivity index (χ2n) is 6.52. The van der Waals surface area contributed by atoms with Crippen LogP contribution < -0.4 is 10.0 Å². The van der Waals surface area contributed by atoms with Crippen LogP contribution in [-0.2, 0) is 10.0 Å². The third kappa shape index (κ3) is 5.04. The Bertz CT molecular complexity index is 1110. The summed E-state index contributed by atoms with van der Waals surface area (Å²) < 4.78 is 28.8. The standard InChI is InChI=1S/C19H22N6O3S/c1-13-12-14(2)25(24-13)19-9-8-18(22-23-19)20-10-11-21-29(27,28)17-6-4-16(5-7-17)15(3)26/h4-9,12,21H,10-11H2,1-3H3,(H,20,22). The zero-order valence-electron chi connectivity index (χ0n) is 16.4. The summed E-state index contributed by atoms with van der Waals surface area (Å²) in [6, 6.07) is 11.3. The van der Waals surface area contributed by atoms with E-state index in [2.05, 4.69) is 25.3 Å². The van der Waals surface area contributed by atoms with Gasteiger partial charge in [-0.05, 0) is 51.1 Å². The number of nitrogens with one attached hydrogen (secondary N) is 2. The Morgan fingerprint density at radius 1 is 1.03 bits per heavy atom. The highest BCUT2D eigenvalue weighted by atomic mass is 32.2. The summed E-state index contributed by atoms with van der Waals surface area (Å²) in [4.78, 5) is 11.4. The molecule has 0 aliphatic heterocycles. The molecule has 1 aromatic carbocycles. The number of hydrogen-bond donors (Lipinski definition) is 2. The molecule has 0 saturated heterocycles. The summed E-state index contributed by atoms with van der Waals surface area (Å²) in [5.41, 5.74) is 2.33. The lowest BCUT2D eigenvalue weighted by molar-refractivity contribution is 0.101. The minimum Gasteiger partial charge on any atom is -0.367 e. The lowest BCUT2D eigenvalue weighted by atomic mass is 10.2. The quantitative estimate of drug-likeness (QED) is 0.427. The van der Waals surface area contributed by atoms with E-state index >= 15 is 0 Å². The van der Waals surface area contributed by atoms with Crippen molar-refractivity contribution in [2.75, 3.05) is 18.4 Å². The van der Waals surface area contributed by atoms with E-state index in [4.69, 9.17) is 0 Å². The first kappa shape index (κ1) is 20.6. The van der Waals surface area contributed by atoms with Gasteiger partial charge in [0.1, 0.15) is 5.82 Å². The van der Waals surface area contributed by atoms with Crippen molar-refractivity contribution in [3.63, 3.8) is 0 Å². The molecule has 3 aromatic rings. The lowest BCUT2D eigenvalue weighted by Crippen LogP contribution is -2.29. The van der Waals surface area contributed by atoms with E-state index < -0.39 is 10.0 Å².